The Balaban J connectivity index is 3.17. The van der Waals surface area contributed by atoms with Crippen LogP contribution in [0.25, 0.3) is 0 Å². The van der Waals surface area contributed by atoms with E-state index in [9.17, 15) is 4.79 Å². The van der Waals surface area contributed by atoms with Gasteiger partial charge in [-0.05, 0) is 20.3 Å². The second kappa shape index (κ2) is 4.28. The van der Waals surface area contributed by atoms with Crippen molar-refractivity contribution in [1.29, 1.82) is 0 Å². The number of thiazole rings is 1. The molecule has 1 N–H and O–H groups in total. The van der Waals surface area contributed by atoms with E-state index >= 15 is 0 Å². The average Bonchev–Trinajstić information content (AvgIpc) is 2.59. The molecule has 0 radical (unpaired) electrons. The molecule has 0 saturated heterocycles. The molecule has 1 unspecified atom stereocenters. The van der Waals surface area contributed by atoms with Crippen molar-refractivity contribution < 1.29 is 14.6 Å². The minimum atomic E-state index is -0.925. The van der Waals surface area contributed by atoms with Crippen molar-refractivity contribution in [2.45, 2.75) is 32.8 Å². The minimum absolute atomic E-state index is 0.293. The molecule has 15 heavy (non-hydrogen) atoms. The van der Waals surface area contributed by atoms with Crippen molar-refractivity contribution in [3.05, 3.63) is 15.6 Å². The van der Waals surface area contributed by atoms with Crippen LogP contribution in [0.15, 0.2) is 0 Å². The van der Waals surface area contributed by atoms with Crippen molar-refractivity contribution in [1.82, 2.24) is 4.98 Å². The Morgan fingerprint density at radius 2 is 2.27 bits per heavy atom. The Kier molecular flexibility index (Phi) is 3.46. The van der Waals surface area contributed by atoms with Gasteiger partial charge >= 0.3 is 5.97 Å². The molecule has 0 aliphatic rings. The molecule has 0 aliphatic carbocycles. The summed E-state index contributed by atoms with van der Waals surface area (Å²) < 4.78 is 5.38. The van der Waals surface area contributed by atoms with Crippen LogP contribution in [-0.4, -0.2) is 23.2 Å². The summed E-state index contributed by atoms with van der Waals surface area (Å²) in [6.07, 6.45) is 0.759. The Bertz CT molecular complexity index is 369. The van der Waals surface area contributed by atoms with E-state index in [1.54, 1.807) is 14.0 Å². The number of ether oxygens (including phenoxy) is 1. The lowest BCUT2D eigenvalue weighted by molar-refractivity contribution is -0.00163. The normalized spacial score (nSPS) is 14.9. The monoisotopic (exact) mass is 229 g/mol. The van der Waals surface area contributed by atoms with Crippen LogP contribution in [0.5, 0.6) is 0 Å². The number of aromatic carboxylic acids is 1. The fraction of sp³-hybridized carbons (Fsp3) is 0.600. The molecule has 0 aromatic carbocycles. The van der Waals surface area contributed by atoms with Crippen LogP contribution in [0.1, 0.15) is 40.6 Å². The summed E-state index contributed by atoms with van der Waals surface area (Å²) in [5.41, 5.74) is 0.0718. The molecule has 0 spiro atoms. The Morgan fingerprint density at radius 1 is 1.67 bits per heavy atom. The van der Waals surface area contributed by atoms with E-state index in [1.165, 1.54) is 11.3 Å². The largest absolute Gasteiger partial charge is 0.477 e. The predicted octanol–water partition coefficient (Wildman–Crippen LogP) is 2.42. The van der Waals surface area contributed by atoms with E-state index in [1.807, 2.05) is 13.8 Å². The van der Waals surface area contributed by atoms with Gasteiger partial charge < -0.3 is 9.84 Å². The first kappa shape index (κ1) is 12.1. The van der Waals surface area contributed by atoms with Crippen molar-refractivity contribution >= 4 is 17.3 Å². The first-order valence-electron chi connectivity index (χ1n) is 4.71. The lowest BCUT2D eigenvalue weighted by Crippen LogP contribution is -2.22. The molecule has 1 atom stereocenters. The number of aromatic nitrogens is 1. The Hall–Kier alpha value is -0.940. The van der Waals surface area contributed by atoms with Gasteiger partial charge in [-0.2, -0.15) is 0 Å². The molecule has 1 heterocycles. The molecule has 1 rings (SSSR count). The molecular formula is C10H15NO3S. The average molecular weight is 229 g/mol. The zero-order valence-electron chi connectivity index (χ0n) is 9.33. The van der Waals surface area contributed by atoms with Gasteiger partial charge in [-0.25, -0.2) is 9.78 Å². The van der Waals surface area contributed by atoms with E-state index in [-0.39, 0.29) is 0 Å². The van der Waals surface area contributed by atoms with Gasteiger partial charge in [-0.1, -0.05) is 6.92 Å². The third-order valence-corrected chi connectivity index (χ3v) is 3.96. The van der Waals surface area contributed by atoms with Crippen molar-refractivity contribution in [3.8, 4) is 0 Å². The number of methoxy groups -OCH3 is 1. The van der Waals surface area contributed by atoms with Gasteiger partial charge in [0.05, 0.1) is 5.69 Å². The molecule has 0 bridgehead atoms. The minimum Gasteiger partial charge on any atom is -0.477 e. The number of carbonyl (C=O) groups is 1. The fourth-order valence-electron chi connectivity index (χ4n) is 1.20. The third-order valence-electron chi connectivity index (χ3n) is 2.57. The molecule has 0 saturated carbocycles. The molecule has 0 fully saturated rings. The third kappa shape index (κ3) is 2.18. The fourth-order valence-corrected chi connectivity index (χ4v) is 2.30. The Morgan fingerprint density at radius 3 is 2.60 bits per heavy atom. The van der Waals surface area contributed by atoms with Crippen LogP contribution in [0.2, 0.25) is 0 Å². The van der Waals surface area contributed by atoms with Crippen LogP contribution in [0, 0.1) is 6.92 Å². The van der Waals surface area contributed by atoms with Gasteiger partial charge in [0.25, 0.3) is 0 Å². The highest BCUT2D eigenvalue weighted by Crippen LogP contribution is 2.33. The van der Waals surface area contributed by atoms with Crippen LogP contribution in [0.4, 0.5) is 0 Å². The summed E-state index contributed by atoms with van der Waals surface area (Å²) in [5, 5.41) is 9.64. The molecule has 5 heteroatoms. The molecule has 0 amide bonds. The maximum absolute atomic E-state index is 10.9. The number of hydrogen-bond acceptors (Lipinski definition) is 4. The quantitative estimate of drug-likeness (QED) is 0.861. The predicted molar refractivity (Wildman–Crippen MR) is 58.5 cm³/mol. The summed E-state index contributed by atoms with van der Waals surface area (Å²) >= 11 is 1.19. The first-order valence-corrected chi connectivity index (χ1v) is 5.52. The van der Waals surface area contributed by atoms with Crippen molar-refractivity contribution in [3.63, 3.8) is 0 Å². The highest BCUT2D eigenvalue weighted by Gasteiger charge is 2.29. The lowest BCUT2D eigenvalue weighted by atomic mass is 10.1. The van der Waals surface area contributed by atoms with Crippen LogP contribution in [-0.2, 0) is 10.3 Å². The number of aryl methyl sites for hydroxylation is 1. The highest BCUT2D eigenvalue weighted by molar-refractivity contribution is 7.13. The second-order valence-electron chi connectivity index (χ2n) is 3.53. The summed E-state index contributed by atoms with van der Waals surface area (Å²) in [7, 11) is 1.61. The summed E-state index contributed by atoms with van der Waals surface area (Å²) in [4.78, 5) is 15.4. The molecule has 1 aromatic rings. The van der Waals surface area contributed by atoms with E-state index < -0.39 is 11.6 Å². The van der Waals surface area contributed by atoms with Crippen molar-refractivity contribution in [2.75, 3.05) is 7.11 Å². The van der Waals surface area contributed by atoms with Crippen LogP contribution < -0.4 is 0 Å². The van der Waals surface area contributed by atoms with Gasteiger partial charge in [0.1, 0.15) is 15.5 Å². The van der Waals surface area contributed by atoms with Gasteiger partial charge in [-0.15, -0.1) is 11.3 Å². The van der Waals surface area contributed by atoms with E-state index in [2.05, 4.69) is 4.98 Å². The van der Waals surface area contributed by atoms with E-state index in [0.717, 1.165) is 11.4 Å². The van der Waals surface area contributed by atoms with Crippen LogP contribution in [0.3, 0.4) is 0 Å². The van der Waals surface area contributed by atoms with Crippen LogP contribution >= 0.6 is 11.3 Å². The molecule has 84 valence electrons. The van der Waals surface area contributed by atoms with E-state index in [4.69, 9.17) is 9.84 Å². The lowest BCUT2D eigenvalue weighted by Gasteiger charge is -2.23. The standard InChI is InChI=1S/C10H15NO3S/c1-5-10(3,14-4)9-11-6(2)7(15-9)8(12)13/h5H2,1-4H3,(H,12,13). The van der Waals surface area contributed by atoms with Gasteiger partial charge in [0.15, 0.2) is 0 Å². The summed E-state index contributed by atoms with van der Waals surface area (Å²) in [6, 6.07) is 0. The number of carboxylic acid groups (broad SMARTS) is 1. The second-order valence-corrected chi connectivity index (χ2v) is 4.53. The zero-order valence-corrected chi connectivity index (χ0v) is 10.1. The Labute approximate surface area is 92.9 Å². The zero-order chi connectivity index (χ0) is 11.6. The van der Waals surface area contributed by atoms with E-state index in [0.29, 0.717) is 10.6 Å². The number of hydrogen-bond donors (Lipinski definition) is 1. The van der Waals surface area contributed by atoms with Gasteiger partial charge in [0.2, 0.25) is 0 Å². The number of carboxylic acids is 1. The summed E-state index contributed by atoms with van der Waals surface area (Å²) in [6.45, 7) is 5.60. The molecule has 1 aromatic heterocycles. The summed E-state index contributed by atoms with van der Waals surface area (Å²) in [5.74, 6) is -0.925. The topological polar surface area (TPSA) is 59.4 Å². The maximum atomic E-state index is 10.9. The smallest absolute Gasteiger partial charge is 0.347 e. The van der Waals surface area contributed by atoms with Gasteiger partial charge in [-0.3, -0.25) is 0 Å². The molecule has 0 aliphatic heterocycles. The maximum Gasteiger partial charge on any atom is 0.347 e. The molecular weight excluding hydrogens is 214 g/mol. The highest BCUT2D eigenvalue weighted by atomic mass is 32.1. The first-order chi connectivity index (χ1) is 6.94. The number of nitrogens with zero attached hydrogens (tertiary/aromatic N) is 1. The van der Waals surface area contributed by atoms with Gasteiger partial charge in [0, 0.05) is 7.11 Å². The number of rotatable bonds is 4. The van der Waals surface area contributed by atoms with Crippen molar-refractivity contribution in [2.24, 2.45) is 0 Å². The SMILES string of the molecule is CCC(C)(OC)c1nc(C)c(C(=O)O)s1. The molecule has 4 nitrogen and oxygen atoms in total.